The van der Waals surface area contributed by atoms with Gasteiger partial charge in [0.2, 0.25) is 5.91 Å². The second-order valence-electron chi connectivity index (χ2n) is 4.92. The molecule has 7 heteroatoms. The Labute approximate surface area is 136 Å². The topological polar surface area (TPSA) is 109 Å². The fourth-order valence-electron chi connectivity index (χ4n) is 2.02. The van der Waals surface area contributed by atoms with Gasteiger partial charge in [-0.3, -0.25) is 14.4 Å². The third kappa shape index (κ3) is 4.65. The maximum atomic E-state index is 12.1. The van der Waals surface area contributed by atoms with Crippen LogP contribution in [0.4, 0.5) is 0 Å². The summed E-state index contributed by atoms with van der Waals surface area (Å²) in [6.07, 6.45) is -0.283. The fraction of sp³-hybridized carbons (Fsp3) is 0.188. The van der Waals surface area contributed by atoms with Gasteiger partial charge < -0.3 is 16.2 Å². The molecule has 1 heterocycles. The first kappa shape index (κ1) is 16.7. The number of amides is 2. The van der Waals surface area contributed by atoms with Crippen molar-refractivity contribution in [2.45, 2.75) is 18.9 Å². The third-order valence-electron chi connectivity index (χ3n) is 3.25. The van der Waals surface area contributed by atoms with Gasteiger partial charge in [0, 0.05) is 16.9 Å². The molecular weight excluding hydrogens is 316 g/mol. The first-order chi connectivity index (χ1) is 11.0. The van der Waals surface area contributed by atoms with Gasteiger partial charge in [0.15, 0.2) is 0 Å². The van der Waals surface area contributed by atoms with Crippen LogP contribution >= 0.6 is 11.3 Å². The maximum absolute atomic E-state index is 12.1. The molecule has 0 aliphatic heterocycles. The van der Waals surface area contributed by atoms with Crippen LogP contribution in [0, 0.1) is 0 Å². The summed E-state index contributed by atoms with van der Waals surface area (Å²) >= 11 is 1.60. The van der Waals surface area contributed by atoms with Gasteiger partial charge >= 0.3 is 5.97 Å². The summed E-state index contributed by atoms with van der Waals surface area (Å²) < 4.78 is 0. The number of hydrogen-bond acceptors (Lipinski definition) is 4. The molecule has 23 heavy (non-hydrogen) atoms. The van der Waals surface area contributed by atoms with E-state index < -0.39 is 23.8 Å². The van der Waals surface area contributed by atoms with Crippen LogP contribution in [0.25, 0.3) is 10.4 Å². The Morgan fingerprint density at radius 1 is 1.17 bits per heavy atom. The Morgan fingerprint density at radius 3 is 2.39 bits per heavy atom. The molecule has 0 aliphatic carbocycles. The van der Waals surface area contributed by atoms with Crippen molar-refractivity contribution in [3.63, 3.8) is 0 Å². The number of carbonyl (C=O) groups excluding carboxylic acids is 2. The van der Waals surface area contributed by atoms with Crippen molar-refractivity contribution in [2.24, 2.45) is 5.73 Å². The highest BCUT2D eigenvalue weighted by Crippen LogP contribution is 2.24. The molecule has 0 saturated heterocycles. The van der Waals surface area contributed by atoms with Gasteiger partial charge in [-0.2, -0.15) is 0 Å². The molecule has 2 aromatic rings. The maximum Gasteiger partial charge on any atom is 0.303 e. The molecule has 1 aromatic heterocycles. The molecule has 0 spiro atoms. The summed E-state index contributed by atoms with van der Waals surface area (Å²) in [5.41, 5.74) is 6.57. The van der Waals surface area contributed by atoms with Crippen LogP contribution in [0.3, 0.4) is 0 Å². The van der Waals surface area contributed by atoms with E-state index in [1.54, 1.807) is 23.5 Å². The van der Waals surface area contributed by atoms with Crippen molar-refractivity contribution in [3.05, 3.63) is 47.3 Å². The molecule has 0 unspecified atom stereocenters. The Morgan fingerprint density at radius 2 is 1.87 bits per heavy atom. The molecule has 2 amide bonds. The normalized spacial score (nSPS) is 11.7. The van der Waals surface area contributed by atoms with Crippen molar-refractivity contribution < 1.29 is 19.5 Å². The number of nitrogens with two attached hydrogens (primary N) is 1. The molecule has 120 valence electrons. The van der Waals surface area contributed by atoms with Crippen LogP contribution in [0.1, 0.15) is 23.2 Å². The lowest BCUT2D eigenvalue weighted by atomic mass is 10.1. The van der Waals surface area contributed by atoms with Crippen molar-refractivity contribution in [3.8, 4) is 10.4 Å². The summed E-state index contributed by atoms with van der Waals surface area (Å²) in [6, 6.07) is 9.86. The number of benzene rings is 1. The fourth-order valence-corrected chi connectivity index (χ4v) is 2.76. The third-order valence-corrected chi connectivity index (χ3v) is 4.17. The summed E-state index contributed by atoms with van der Waals surface area (Å²) in [5.74, 6) is -2.27. The molecule has 0 bridgehead atoms. The highest BCUT2D eigenvalue weighted by atomic mass is 32.1. The van der Waals surface area contributed by atoms with Crippen LogP contribution < -0.4 is 11.1 Å². The molecule has 1 atom stereocenters. The number of rotatable bonds is 7. The smallest absolute Gasteiger partial charge is 0.303 e. The van der Waals surface area contributed by atoms with Crippen LogP contribution in [-0.2, 0) is 9.59 Å². The molecule has 0 aliphatic rings. The number of primary amides is 1. The van der Waals surface area contributed by atoms with Gasteiger partial charge in [0.25, 0.3) is 5.91 Å². The predicted molar refractivity (Wildman–Crippen MR) is 87.1 cm³/mol. The second-order valence-corrected chi connectivity index (χ2v) is 5.86. The molecule has 0 fully saturated rings. The number of thiophene rings is 1. The Bertz CT molecular complexity index is 695. The minimum absolute atomic E-state index is 0.0380. The zero-order valence-electron chi connectivity index (χ0n) is 12.2. The quantitative estimate of drug-likeness (QED) is 0.719. The number of carboxylic acid groups (broad SMARTS) is 1. The first-order valence-corrected chi connectivity index (χ1v) is 7.81. The lowest BCUT2D eigenvalue weighted by molar-refractivity contribution is -0.137. The van der Waals surface area contributed by atoms with Gasteiger partial charge in [-0.15, -0.1) is 11.3 Å². The number of carboxylic acids is 1. The summed E-state index contributed by atoms with van der Waals surface area (Å²) in [5, 5.41) is 13.1. The van der Waals surface area contributed by atoms with E-state index in [4.69, 9.17) is 10.8 Å². The lowest BCUT2D eigenvalue weighted by Crippen LogP contribution is -2.44. The second kappa shape index (κ2) is 7.55. The average molecular weight is 332 g/mol. The molecule has 6 nitrogen and oxygen atoms in total. The van der Waals surface area contributed by atoms with Crippen LogP contribution in [0.2, 0.25) is 0 Å². The van der Waals surface area contributed by atoms with Crippen molar-refractivity contribution in [2.75, 3.05) is 0 Å². The van der Waals surface area contributed by atoms with Gasteiger partial charge in [0.05, 0.1) is 0 Å². The molecule has 1 aromatic carbocycles. The molecule has 2 rings (SSSR count). The van der Waals surface area contributed by atoms with E-state index in [0.717, 1.165) is 10.4 Å². The van der Waals surface area contributed by atoms with Gasteiger partial charge in [0.1, 0.15) is 6.04 Å². The van der Waals surface area contributed by atoms with E-state index >= 15 is 0 Å². The molecule has 0 saturated carbocycles. The number of aliphatic carboxylic acids is 1. The van der Waals surface area contributed by atoms with Crippen LogP contribution in [-0.4, -0.2) is 28.9 Å². The first-order valence-electron chi connectivity index (χ1n) is 6.93. The Hall–Kier alpha value is -2.67. The standard InChI is InChI=1S/C16H16N2O4S/c17-15(21)12(7-8-14(19)20)18-16(22)11-5-3-10(4-6-11)13-2-1-9-23-13/h1-6,9,12H,7-8H2,(H2,17,21)(H,18,22)(H,19,20)/t12-/m0/s1. The largest absolute Gasteiger partial charge is 0.481 e. The average Bonchev–Trinajstić information content (AvgIpc) is 3.05. The van der Waals surface area contributed by atoms with E-state index in [1.165, 1.54) is 0 Å². The molecular formula is C16H16N2O4S. The SMILES string of the molecule is NC(=O)[C@H](CCC(=O)O)NC(=O)c1ccc(-c2cccs2)cc1. The van der Waals surface area contributed by atoms with Crippen LogP contribution in [0.15, 0.2) is 41.8 Å². The van der Waals surface area contributed by atoms with E-state index in [9.17, 15) is 14.4 Å². The number of carbonyl (C=O) groups is 3. The Balaban J connectivity index is 2.04. The van der Waals surface area contributed by atoms with Crippen molar-refractivity contribution in [1.29, 1.82) is 0 Å². The van der Waals surface area contributed by atoms with Gasteiger partial charge in [-0.05, 0) is 35.6 Å². The monoisotopic (exact) mass is 332 g/mol. The predicted octanol–water partition coefficient (Wildman–Crippen LogP) is 1.86. The van der Waals surface area contributed by atoms with E-state index in [1.807, 2.05) is 29.6 Å². The minimum atomic E-state index is -1.05. The molecule has 4 N–H and O–H groups in total. The Kier molecular flexibility index (Phi) is 5.48. The van der Waals surface area contributed by atoms with E-state index in [-0.39, 0.29) is 12.8 Å². The zero-order valence-corrected chi connectivity index (χ0v) is 13.0. The minimum Gasteiger partial charge on any atom is -0.481 e. The highest BCUT2D eigenvalue weighted by Gasteiger charge is 2.20. The van der Waals surface area contributed by atoms with Crippen molar-refractivity contribution >= 4 is 29.1 Å². The zero-order chi connectivity index (χ0) is 16.8. The summed E-state index contributed by atoms with van der Waals surface area (Å²) in [6.45, 7) is 0. The van der Waals surface area contributed by atoms with E-state index in [2.05, 4.69) is 5.32 Å². The van der Waals surface area contributed by atoms with Gasteiger partial charge in [-0.1, -0.05) is 18.2 Å². The van der Waals surface area contributed by atoms with Gasteiger partial charge in [-0.25, -0.2) is 0 Å². The number of nitrogens with one attached hydrogen (secondary N) is 1. The van der Waals surface area contributed by atoms with Crippen molar-refractivity contribution in [1.82, 2.24) is 5.32 Å². The number of hydrogen-bond donors (Lipinski definition) is 3. The summed E-state index contributed by atoms with van der Waals surface area (Å²) in [4.78, 5) is 35.1. The van der Waals surface area contributed by atoms with E-state index in [0.29, 0.717) is 5.56 Å². The lowest BCUT2D eigenvalue weighted by Gasteiger charge is -2.14. The molecule has 0 radical (unpaired) electrons. The highest BCUT2D eigenvalue weighted by molar-refractivity contribution is 7.13. The van der Waals surface area contributed by atoms with Crippen LogP contribution in [0.5, 0.6) is 0 Å². The summed E-state index contributed by atoms with van der Waals surface area (Å²) in [7, 11) is 0.